The molecule has 2 fully saturated rings. The van der Waals surface area contributed by atoms with Gasteiger partial charge in [0.2, 0.25) is 5.91 Å². The molecule has 0 aromatic carbocycles. The van der Waals surface area contributed by atoms with Crippen molar-refractivity contribution in [2.24, 2.45) is 11.8 Å². The second kappa shape index (κ2) is 7.92. The zero-order chi connectivity index (χ0) is 16.1. The number of aromatic nitrogens is 1. The predicted molar refractivity (Wildman–Crippen MR) is 92.2 cm³/mol. The van der Waals surface area contributed by atoms with E-state index in [0.29, 0.717) is 18.3 Å². The zero-order valence-electron chi connectivity index (χ0n) is 13.6. The maximum absolute atomic E-state index is 12.5. The Kier molecular flexibility index (Phi) is 5.66. The van der Waals surface area contributed by atoms with E-state index in [4.69, 9.17) is 5.26 Å². The maximum Gasteiger partial charge on any atom is 0.229 e. The van der Waals surface area contributed by atoms with Crippen LogP contribution >= 0.6 is 11.3 Å². The van der Waals surface area contributed by atoms with Gasteiger partial charge in [0.15, 0.2) is 5.13 Å². The first-order valence-corrected chi connectivity index (χ1v) is 9.71. The topological polar surface area (TPSA) is 65.8 Å². The fourth-order valence-corrected chi connectivity index (χ4v) is 4.96. The van der Waals surface area contributed by atoms with Crippen molar-refractivity contribution in [1.29, 1.82) is 5.26 Å². The Hall–Kier alpha value is -1.41. The number of thiazole rings is 1. The van der Waals surface area contributed by atoms with E-state index in [1.807, 2.05) is 6.20 Å². The highest BCUT2D eigenvalue weighted by Crippen LogP contribution is 2.37. The normalized spacial score (nSPS) is 25.7. The molecule has 23 heavy (non-hydrogen) atoms. The van der Waals surface area contributed by atoms with E-state index in [0.717, 1.165) is 30.8 Å². The van der Waals surface area contributed by atoms with Crippen LogP contribution in [0.15, 0.2) is 6.20 Å². The molecule has 2 aliphatic carbocycles. The Morgan fingerprint density at radius 3 is 2.87 bits per heavy atom. The van der Waals surface area contributed by atoms with Crippen LogP contribution < -0.4 is 5.32 Å². The molecule has 5 heteroatoms. The lowest BCUT2D eigenvalue weighted by Gasteiger charge is -2.26. The van der Waals surface area contributed by atoms with Crippen molar-refractivity contribution in [2.45, 2.75) is 70.1 Å². The molecule has 3 rings (SSSR count). The Morgan fingerprint density at radius 2 is 2.09 bits per heavy atom. The standard InChI is InChI=1S/C18H25N3OS/c19-10-9-13-5-4-8-15(11-13)17(22)21-18-20-12-16(23-18)14-6-2-1-3-7-14/h12-15H,1-9,11H2,(H,20,21,22)/t13-,15-/m1/s1. The van der Waals surface area contributed by atoms with Crippen LogP contribution in [0, 0.1) is 23.2 Å². The highest BCUT2D eigenvalue weighted by Gasteiger charge is 2.28. The smallest absolute Gasteiger partial charge is 0.229 e. The lowest BCUT2D eigenvalue weighted by molar-refractivity contribution is -0.121. The van der Waals surface area contributed by atoms with E-state index in [1.165, 1.54) is 37.0 Å². The van der Waals surface area contributed by atoms with Crippen LogP contribution in [0.4, 0.5) is 5.13 Å². The van der Waals surface area contributed by atoms with E-state index in [1.54, 1.807) is 11.3 Å². The maximum atomic E-state index is 12.5. The Morgan fingerprint density at radius 1 is 1.26 bits per heavy atom. The van der Waals surface area contributed by atoms with E-state index in [9.17, 15) is 4.79 Å². The first-order valence-electron chi connectivity index (χ1n) is 8.90. The number of rotatable bonds is 4. The summed E-state index contributed by atoms with van der Waals surface area (Å²) in [5.41, 5.74) is 0. The molecule has 2 saturated carbocycles. The van der Waals surface area contributed by atoms with Crippen LogP contribution in [0.5, 0.6) is 0 Å². The van der Waals surface area contributed by atoms with Gasteiger partial charge in [-0.25, -0.2) is 4.98 Å². The molecule has 0 bridgehead atoms. The Balaban J connectivity index is 1.55. The summed E-state index contributed by atoms with van der Waals surface area (Å²) < 4.78 is 0. The van der Waals surface area contributed by atoms with Crippen LogP contribution in [0.25, 0.3) is 0 Å². The van der Waals surface area contributed by atoms with Crippen LogP contribution in [0.2, 0.25) is 0 Å². The molecule has 1 amide bonds. The van der Waals surface area contributed by atoms with Gasteiger partial charge in [-0.3, -0.25) is 4.79 Å². The molecule has 0 radical (unpaired) electrons. The summed E-state index contributed by atoms with van der Waals surface area (Å²) in [6.07, 6.45) is 12.9. The second-order valence-corrected chi connectivity index (χ2v) is 8.05. The van der Waals surface area contributed by atoms with Gasteiger partial charge in [0.1, 0.15) is 0 Å². The van der Waals surface area contributed by atoms with Crippen molar-refractivity contribution in [3.05, 3.63) is 11.1 Å². The minimum Gasteiger partial charge on any atom is -0.302 e. The summed E-state index contributed by atoms with van der Waals surface area (Å²) in [4.78, 5) is 18.2. The summed E-state index contributed by atoms with van der Waals surface area (Å²) in [6.45, 7) is 0. The second-order valence-electron chi connectivity index (χ2n) is 6.98. The largest absolute Gasteiger partial charge is 0.302 e. The van der Waals surface area contributed by atoms with Crippen LogP contribution in [-0.4, -0.2) is 10.9 Å². The van der Waals surface area contributed by atoms with Crippen molar-refractivity contribution in [3.8, 4) is 6.07 Å². The summed E-state index contributed by atoms with van der Waals surface area (Å²) in [5.74, 6) is 1.17. The van der Waals surface area contributed by atoms with Gasteiger partial charge in [-0.15, -0.1) is 11.3 Å². The molecule has 1 N–H and O–H groups in total. The molecule has 0 saturated heterocycles. The van der Waals surface area contributed by atoms with E-state index >= 15 is 0 Å². The van der Waals surface area contributed by atoms with E-state index in [-0.39, 0.29) is 11.8 Å². The molecular formula is C18H25N3OS. The summed E-state index contributed by atoms with van der Waals surface area (Å²) >= 11 is 1.65. The highest BCUT2D eigenvalue weighted by molar-refractivity contribution is 7.15. The molecule has 124 valence electrons. The van der Waals surface area contributed by atoms with Crippen molar-refractivity contribution in [3.63, 3.8) is 0 Å². The van der Waals surface area contributed by atoms with Crippen LogP contribution in [0.1, 0.15) is 75.0 Å². The number of nitrogens with one attached hydrogen (secondary N) is 1. The molecule has 1 aromatic rings. The number of carbonyl (C=O) groups excluding carboxylic acids is 1. The van der Waals surface area contributed by atoms with Gasteiger partial charge in [-0.05, 0) is 43.9 Å². The summed E-state index contributed by atoms with van der Waals surface area (Å²) in [6, 6.07) is 2.24. The number of nitriles is 1. The number of anilines is 1. The molecule has 1 aromatic heterocycles. The van der Waals surface area contributed by atoms with Gasteiger partial charge in [-0.2, -0.15) is 5.26 Å². The molecule has 2 aliphatic rings. The number of carbonyl (C=O) groups is 1. The molecule has 0 unspecified atom stereocenters. The molecule has 2 atom stereocenters. The van der Waals surface area contributed by atoms with Gasteiger partial charge in [0.05, 0.1) is 6.07 Å². The third kappa shape index (κ3) is 4.32. The third-order valence-electron chi connectivity index (χ3n) is 5.29. The van der Waals surface area contributed by atoms with E-state index < -0.39 is 0 Å². The van der Waals surface area contributed by atoms with Gasteiger partial charge in [-0.1, -0.05) is 25.7 Å². The van der Waals surface area contributed by atoms with Crippen molar-refractivity contribution in [1.82, 2.24) is 4.98 Å². The lowest BCUT2D eigenvalue weighted by atomic mass is 9.80. The fourth-order valence-electron chi connectivity index (χ4n) is 3.97. The highest BCUT2D eigenvalue weighted by atomic mass is 32.1. The number of hydrogen-bond donors (Lipinski definition) is 1. The van der Waals surface area contributed by atoms with Crippen molar-refractivity contribution < 1.29 is 4.79 Å². The quantitative estimate of drug-likeness (QED) is 0.857. The molecule has 0 aliphatic heterocycles. The van der Waals surface area contributed by atoms with Gasteiger partial charge < -0.3 is 5.32 Å². The summed E-state index contributed by atoms with van der Waals surface area (Å²) in [5, 5.41) is 12.6. The number of nitrogens with zero attached hydrogens (tertiary/aromatic N) is 2. The van der Waals surface area contributed by atoms with E-state index in [2.05, 4.69) is 16.4 Å². The zero-order valence-corrected chi connectivity index (χ0v) is 14.4. The fraction of sp³-hybridized carbons (Fsp3) is 0.722. The molecular weight excluding hydrogens is 306 g/mol. The Bertz CT molecular complexity index is 571. The SMILES string of the molecule is N#CC[C@H]1CCC[C@@H](C(=O)Nc2ncc(C3CCCCC3)s2)C1. The predicted octanol–water partition coefficient (Wildman–Crippen LogP) is 4.85. The number of amides is 1. The molecule has 0 spiro atoms. The van der Waals surface area contributed by atoms with Crippen molar-refractivity contribution >= 4 is 22.4 Å². The third-order valence-corrected chi connectivity index (χ3v) is 6.37. The summed E-state index contributed by atoms with van der Waals surface area (Å²) in [7, 11) is 0. The lowest BCUT2D eigenvalue weighted by Crippen LogP contribution is -2.28. The van der Waals surface area contributed by atoms with Crippen LogP contribution in [0.3, 0.4) is 0 Å². The van der Waals surface area contributed by atoms with Crippen molar-refractivity contribution in [2.75, 3.05) is 5.32 Å². The van der Waals surface area contributed by atoms with Gasteiger partial charge >= 0.3 is 0 Å². The van der Waals surface area contributed by atoms with Crippen LogP contribution in [-0.2, 0) is 4.79 Å². The minimum atomic E-state index is 0.0455. The average Bonchev–Trinajstić information content (AvgIpc) is 3.05. The Labute approximate surface area is 142 Å². The van der Waals surface area contributed by atoms with Gasteiger partial charge in [0.25, 0.3) is 0 Å². The van der Waals surface area contributed by atoms with Gasteiger partial charge in [0, 0.05) is 23.4 Å². The average molecular weight is 331 g/mol. The monoisotopic (exact) mass is 331 g/mol. The number of hydrogen-bond acceptors (Lipinski definition) is 4. The first-order chi connectivity index (χ1) is 11.3. The first kappa shape index (κ1) is 16.4. The molecule has 1 heterocycles. The molecule has 4 nitrogen and oxygen atoms in total. The minimum absolute atomic E-state index is 0.0455.